The second kappa shape index (κ2) is 5.32. The largest absolute Gasteiger partial charge is 0.433 e. The molecule has 2 nitrogen and oxygen atoms in total. The van der Waals surface area contributed by atoms with Crippen LogP contribution in [-0.4, -0.2) is 11.5 Å². The number of pyridine rings is 1. The molecular weight excluding hydrogens is 391 g/mol. The number of benzene rings is 1. The summed E-state index contributed by atoms with van der Waals surface area (Å²) in [5, 5.41) is 3.98. The van der Waals surface area contributed by atoms with Crippen molar-refractivity contribution in [1.82, 2.24) is 4.98 Å². The first-order valence-corrected chi connectivity index (χ1v) is 6.89. The van der Waals surface area contributed by atoms with Crippen molar-refractivity contribution in [1.29, 1.82) is 0 Å². The summed E-state index contributed by atoms with van der Waals surface area (Å²) in [7, 11) is 0. The Morgan fingerprint density at radius 3 is 2.58 bits per heavy atom. The number of nitrogens with one attached hydrogen (secondary N) is 1. The Labute approximate surface area is 126 Å². The molecule has 1 aromatic heterocycles. The number of alkyl halides is 3. The van der Waals surface area contributed by atoms with Gasteiger partial charge in [0.1, 0.15) is 5.69 Å². The third-order valence-corrected chi connectivity index (χ3v) is 3.53. The Balaban J connectivity index is 2.79. The first-order chi connectivity index (χ1) is 8.82. The minimum absolute atomic E-state index is 0.302. The van der Waals surface area contributed by atoms with Gasteiger partial charge in [-0.3, -0.25) is 0 Å². The molecular formula is C12H9ClF3IN2. The van der Waals surface area contributed by atoms with Gasteiger partial charge in [0.25, 0.3) is 0 Å². The van der Waals surface area contributed by atoms with Crippen LogP contribution in [0.2, 0.25) is 5.02 Å². The van der Waals surface area contributed by atoms with Crippen molar-refractivity contribution >= 4 is 50.8 Å². The molecule has 0 bridgehead atoms. The van der Waals surface area contributed by atoms with Gasteiger partial charge in [0.2, 0.25) is 0 Å². The van der Waals surface area contributed by atoms with Crippen molar-refractivity contribution in [2.24, 2.45) is 0 Å². The molecule has 0 aliphatic carbocycles. The van der Waals surface area contributed by atoms with E-state index in [1.54, 1.807) is 12.1 Å². The van der Waals surface area contributed by atoms with Gasteiger partial charge in [0.15, 0.2) is 0 Å². The summed E-state index contributed by atoms with van der Waals surface area (Å²) in [5.74, 6) is 0. The van der Waals surface area contributed by atoms with E-state index in [9.17, 15) is 13.2 Å². The maximum absolute atomic E-state index is 12.8. The lowest BCUT2D eigenvalue weighted by Crippen LogP contribution is -2.10. The molecule has 0 fully saturated rings. The molecule has 0 spiro atoms. The van der Waals surface area contributed by atoms with Crippen LogP contribution >= 0.6 is 34.2 Å². The first kappa shape index (κ1) is 14.6. The van der Waals surface area contributed by atoms with E-state index in [4.69, 9.17) is 11.6 Å². The molecule has 0 saturated carbocycles. The van der Waals surface area contributed by atoms with E-state index in [0.717, 1.165) is 6.07 Å². The number of rotatable bonds is 2. The SMILES string of the molecule is CCNc1cc(C(F)(F)F)nc2c(I)cc(Cl)cc12. The average Bonchev–Trinajstić information content (AvgIpc) is 2.28. The molecule has 0 aliphatic rings. The van der Waals surface area contributed by atoms with Gasteiger partial charge < -0.3 is 5.32 Å². The molecule has 1 heterocycles. The van der Waals surface area contributed by atoms with Gasteiger partial charge >= 0.3 is 6.18 Å². The topological polar surface area (TPSA) is 24.9 Å². The van der Waals surface area contributed by atoms with Crippen LogP contribution in [0.15, 0.2) is 18.2 Å². The lowest BCUT2D eigenvalue weighted by molar-refractivity contribution is -0.140. The summed E-state index contributed by atoms with van der Waals surface area (Å²) >= 11 is 7.87. The summed E-state index contributed by atoms with van der Waals surface area (Å²) < 4.78 is 39.1. The maximum atomic E-state index is 12.8. The van der Waals surface area contributed by atoms with Crippen LogP contribution < -0.4 is 5.32 Å². The van der Waals surface area contributed by atoms with Crippen LogP contribution in [0.4, 0.5) is 18.9 Å². The number of nitrogens with zero attached hydrogens (tertiary/aromatic N) is 1. The normalized spacial score (nSPS) is 11.9. The van der Waals surface area contributed by atoms with Crippen LogP contribution in [0.3, 0.4) is 0 Å². The Kier molecular flexibility index (Phi) is 4.10. The summed E-state index contributed by atoms with van der Waals surface area (Å²) in [6, 6.07) is 4.22. The minimum Gasteiger partial charge on any atom is -0.385 e. The number of fused-ring (bicyclic) bond motifs is 1. The predicted molar refractivity (Wildman–Crippen MR) is 78.6 cm³/mol. The molecule has 7 heteroatoms. The van der Waals surface area contributed by atoms with Gasteiger partial charge in [0, 0.05) is 26.2 Å². The first-order valence-electron chi connectivity index (χ1n) is 5.43. The molecule has 1 N–H and O–H groups in total. The molecule has 2 rings (SSSR count). The van der Waals surface area contributed by atoms with E-state index < -0.39 is 11.9 Å². The summed E-state index contributed by atoms with van der Waals surface area (Å²) in [6.45, 7) is 2.33. The second-order valence-electron chi connectivity index (χ2n) is 3.87. The predicted octanol–water partition coefficient (Wildman–Crippen LogP) is 4.94. The third-order valence-electron chi connectivity index (χ3n) is 2.49. The van der Waals surface area contributed by atoms with Gasteiger partial charge in [-0.1, -0.05) is 11.6 Å². The number of hydrogen-bond acceptors (Lipinski definition) is 2. The fraction of sp³-hybridized carbons (Fsp3) is 0.250. The molecule has 0 saturated heterocycles. The van der Waals surface area contributed by atoms with Gasteiger partial charge in [0.05, 0.1) is 5.52 Å². The van der Waals surface area contributed by atoms with Gasteiger partial charge in [-0.2, -0.15) is 13.2 Å². The Hall–Kier alpha value is -0.760. The van der Waals surface area contributed by atoms with Gasteiger partial charge in [-0.05, 0) is 47.7 Å². The number of aromatic nitrogens is 1. The highest BCUT2D eigenvalue weighted by Gasteiger charge is 2.33. The van der Waals surface area contributed by atoms with Gasteiger partial charge in [-0.25, -0.2) is 4.98 Å². The van der Waals surface area contributed by atoms with Crippen LogP contribution in [-0.2, 0) is 6.18 Å². The third kappa shape index (κ3) is 3.05. The lowest BCUT2D eigenvalue weighted by atomic mass is 10.1. The highest BCUT2D eigenvalue weighted by atomic mass is 127. The molecule has 0 amide bonds. The van der Waals surface area contributed by atoms with Crippen LogP contribution in [0.25, 0.3) is 10.9 Å². The lowest BCUT2D eigenvalue weighted by Gasteiger charge is -2.13. The van der Waals surface area contributed by atoms with Crippen molar-refractivity contribution in [2.45, 2.75) is 13.1 Å². The highest BCUT2D eigenvalue weighted by Crippen LogP contribution is 2.35. The number of halogens is 5. The Morgan fingerprint density at radius 2 is 2.00 bits per heavy atom. The summed E-state index contributed by atoms with van der Waals surface area (Å²) in [5.41, 5.74) is -0.216. The zero-order valence-electron chi connectivity index (χ0n) is 9.78. The van der Waals surface area contributed by atoms with E-state index in [-0.39, 0.29) is 0 Å². The molecule has 0 radical (unpaired) electrons. The highest BCUT2D eigenvalue weighted by molar-refractivity contribution is 14.1. The molecule has 0 unspecified atom stereocenters. The molecule has 1 aromatic carbocycles. The molecule has 0 aliphatic heterocycles. The van der Waals surface area contributed by atoms with Crippen LogP contribution in [0, 0.1) is 3.57 Å². The van der Waals surface area contributed by atoms with Crippen molar-refractivity contribution in [3.63, 3.8) is 0 Å². The second-order valence-corrected chi connectivity index (χ2v) is 5.47. The van der Waals surface area contributed by atoms with Crippen LogP contribution in [0.5, 0.6) is 0 Å². The Bertz CT molecular complexity index is 628. The van der Waals surface area contributed by atoms with Gasteiger partial charge in [-0.15, -0.1) is 0 Å². The van der Waals surface area contributed by atoms with Crippen molar-refractivity contribution in [3.8, 4) is 0 Å². The van der Waals surface area contributed by atoms with E-state index in [0.29, 0.717) is 31.7 Å². The van der Waals surface area contributed by atoms with Crippen molar-refractivity contribution in [3.05, 3.63) is 32.5 Å². The molecule has 2 aromatic rings. The zero-order chi connectivity index (χ0) is 14.2. The maximum Gasteiger partial charge on any atom is 0.433 e. The van der Waals surface area contributed by atoms with Crippen molar-refractivity contribution < 1.29 is 13.2 Å². The van der Waals surface area contributed by atoms with E-state index >= 15 is 0 Å². The van der Waals surface area contributed by atoms with Crippen LogP contribution in [0.1, 0.15) is 12.6 Å². The minimum atomic E-state index is -4.47. The quantitative estimate of drug-likeness (QED) is 0.722. The van der Waals surface area contributed by atoms with E-state index in [1.165, 1.54) is 0 Å². The summed E-state index contributed by atoms with van der Waals surface area (Å²) in [4.78, 5) is 3.70. The number of hydrogen-bond donors (Lipinski definition) is 1. The smallest absolute Gasteiger partial charge is 0.385 e. The zero-order valence-corrected chi connectivity index (χ0v) is 12.7. The Morgan fingerprint density at radius 1 is 1.32 bits per heavy atom. The fourth-order valence-electron chi connectivity index (χ4n) is 1.73. The summed E-state index contributed by atoms with van der Waals surface area (Å²) in [6.07, 6.45) is -4.47. The monoisotopic (exact) mass is 400 g/mol. The standard InChI is InChI=1S/C12H9ClF3IN2/c1-2-18-9-5-10(12(14,15)16)19-11-7(9)3-6(13)4-8(11)17/h3-5H,2H2,1H3,(H,18,19). The van der Waals surface area contributed by atoms with E-state index in [2.05, 4.69) is 10.3 Å². The van der Waals surface area contributed by atoms with E-state index in [1.807, 2.05) is 29.5 Å². The molecule has 0 atom stereocenters. The molecule has 102 valence electrons. The number of anilines is 1. The average molecular weight is 401 g/mol. The van der Waals surface area contributed by atoms with Crippen molar-refractivity contribution in [2.75, 3.05) is 11.9 Å². The fourth-order valence-corrected chi connectivity index (χ4v) is 2.88. The molecule has 19 heavy (non-hydrogen) atoms.